The Kier molecular flexibility index (Phi) is 6.75. The minimum Gasteiger partial charge on any atom is -0.361 e. The van der Waals surface area contributed by atoms with Gasteiger partial charge in [-0.05, 0) is 18.9 Å². The van der Waals surface area contributed by atoms with Crippen LogP contribution in [0.3, 0.4) is 0 Å². The van der Waals surface area contributed by atoms with Gasteiger partial charge in [0.15, 0.2) is 5.96 Å². The second-order valence-electron chi connectivity index (χ2n) is 7.24. The Morgan fingerprint density at radius 3 is 2.59 bits per heavy atom. The third-order valence-electron chi connectivity index (χ3n) is 5.28. The summed E-state index contributed by atoms with van der Waals surface area (Å²) in [6, 6.07) is 13.3. The Balaban J connectivity index is 0.00000210. The lowest BCUT2D eigenvalue weighted by atomic mass is 10.1. The molecule has 2 aromatic rings. The maximum atomic E-state index is 5.16. The summed E-state index contributed by atoms with van der Waals surface area (Å²) in [6.45, 7) is 6.79. The maximum Gasteiger partial charge on any atom is 0.193 e. The van der Waals surface area contributed by atoms with Crippen molar-refractivity contribution >= 4 is 29.9 Å². The molecule has 1 N–H and O–H groups in total. The lowest BCUT2D eigenvalue weighted by Crippen LogP contribution is -2.52. The zero-order chi connectivity index (χ0) is 17.9. The van der Waals surface area contributed by atoms with Crippen LogP contribution in [0.25, 0.3) is 0 Å². The molecule has 7 heteroatoms. The van der Waals surface area contributed by atoms with Gasteiger partial charge in [0, 0.05) is 57.8 Å². The van der Waals surface area contributed by atoms with E-state index in [1.165, 1.54) is 12.0 Å². The third-order valence-corrected chi connectivity index (χ3v) is 5.28. The van der Waals surface area contributed by atoms with Gasteiger partial charge < -0.3 is 14.7 Å². The van der Waals surface area contributed by atoms with E-state index in [9.17, 15) is 0 Å². The molecule has 1 saturated carbocycles. The van der Waals surface area contributed by atoms with Crippen molar-refractivity contribution in [2.24, 2.45) is 4.99 Å². The van der Waals surface area contributed by atoms with Gasteiger partial charge in [0.2, 0.25) is 0 Å². The van der Waals surface area contributed by atoms with E-state index in [0.29, 0.717) is 12.0 Å². The molecule has 2 aliphatic rings. The smallest absolute Gasteiger partial charge is 0.193 e. The highest BCUT2D eigenvalue weighted by atomic mass is 127. The molecule has 0 radical (unpaired) electrons. The largest absolute Gasteiger partial charge is 0.361 e. The number of nitrogens with zero attached hydrogens (tertiary/aromatic N) is 4. The van der Waals surface area contributed by atoms with Crippen molar-refractivity contribution in [2.45, 2.75) is 31.8 Å². The number of aromatic nitrogens is 1. The molecular formula is C20H28IN5O. The van der Waals surface area contributed by atoms with Crippen LogP contribution in [0.15, 0.2) is 45.9 Å². The lowest BCUT2D eigenvalue weighted by molar-refractivity contribution is 0.169. The Hall–Kier alpha value is -1.61. The number of piperazine rings is 1. The van der Waals surface area contributed by atoms with Gasteiger partial charge in [0.25, 0.3) is 0 Å². The van der Waals surface area contributed by atoms with Gasteiger partial charge in [-0.3, -0.25) is 9.89 Å². The average molecular weight is 481 g/mol. The van der Waals surface area contributed by atoms with Crippen molar-refractivity contribution in [2.75, 3.05) is 33.2 Å². The highest BCUT2D eigenvalue weighted by Crippen LogP contribution is 2.40. The molecule has 1 aromatic carbocycles. The average Bonchev–Trinajstić information content (AvgIpc) is 3.34. The molecule has 4 rings (SSSR count). The van der Waals surface area contributed by atoms with Gasteiger partial charge in [-0.2, -0.15) is 0 Å². The first-order chi connectivity index (χ1) is 12.7. The molecule has 146 valence electrons. The van der Waals surface area contributed by atoms with Gasteiger partial charge in [-0.15, -0.1) is 24.0 Å². The molecule has 0 amide bonds. The summed E-state index contributed by atoms with van der Waals surface area (Å²) < 4.78 is 5.16. The molecule has 1 saturated heterocycles. The predicted octanol–water partition coefficient (Wildman–Crippen LogP) is 2.85. The summed E-state index contributed by atoms with van der Waals surface area (Å²) in [5.74, 6) is 2.52. The van der Waals surface area contributed by atoms with Crippen LogP contribution in [0.2, 0.25) is 0 Å². The van der Waals surface area contributed by atoms with Gasteiger partial charge in [-0.1, -0.05) is 35.5 Å². The number of aryl methyl sites for hydroxylation is 1. The van der Waals surface area contributed by atoms with Crippen LogP contribution >= 0.6 is 24.0 Å². The molecule has 0 bridgehead atoms. The lowest BCUT2D eigenvalue weighted by Gasteiger charge is -2.36. The molecule has 2 atom stereocenters. The second-order valence-corrected chi connectivity index (χ2v) is 7.24. The van der Waals surface area contributed by atoms with E-state index in [4.69, 9.17) is 4.52 Å². The minimum atomic E-state index is 0. The summed E-state index contributed by atoms with van der Waals surface area (Å²) in [4.78, 5) is 9.31. The van der Waals surface area contributed by atoms with Crippen LogP contribution in [-0.2, 0) is 6.54 Å². The van der Waals surface area contributed by atoms with E-state index in [-0.39, 0.29) is 24.0 Å². The molecule has 1 aromatic heterocycles. The monoisotopic (exact) mass is 481 g/mol. The van der Waals surface area contributed by atoms with E-state index in [1.54, 1.807) is 0 Å². The van der Waals surface area contributed by atoms with Gasteiger partial charge in [0.1, 0.15) is 5.76 Å². The summed E-state index contributed by atoms with van der Waals surface area (Å²) >= 11 is 0. The van der Waals surface area contributed by atoms with Crippen molar-refractivity contribution in [3.8, 4) is 0 Å². The third kappa shape index (κ3) is 5.01. The Morgan fingerprint density at radius 2 is 1.96 bits per heavy atom. The fourth-order valence-electron chi connectivity index (χ4n) is 3.73. The molecule has 0 spiro atoms. The van der Waals surface area contributed by atoms with Crippen molar-refractivity contribution in [3.63, 3.8) is 0 Å². The summed E-state index contributed by atoms with van der Waals surface area (Å²) in [5, 5.41) is 7.76. The predicted molar refractivity (Wildman–Crippen MR) is 118 cm³/mol. The molecule has 27 heavy (non-hydrogen) atoms. The van der Waals surface area contributed by atoms with Gasteiger partial charge in [-0.25, -0.2) is 0 Å². The first kappa shape index (κ1) is 20.1. The van der Waals surface area contributed by atoms with Crippen LogP contribution in [0, 0.1) is 6.92 Å². The molecule has 2 heterocycles. The Bertz CT molecular complexity index is 755. The van der Waals surface area contributed by atoms with Crippen LogP contribution in [0.1, 0.15) is 29.4 Å². The van der Waals surface area contributed by atoms with E-state index in [2.05, 4.69) is 55.6 Å². The fourth-order valence-corrected chi connectivity index (χ4v) is 3.73. The molecule has 6 nitrogen and oxygen atoms in total. The van der Waals surface area contributed by atoms with Crippen molar-refractivity contribution < 1.29 is 4.52 Å². The number of rotatable bonds is 4. The van der Waals surface area contributed by atoms with E-state index in [1.807, 2.05) is 20.0 Å². The minimum absolute atomic E-state index is 0. The number of guanidine groups is 1. The zero-order valence-corrected chi connectivity index (χ0v) is 18.3. The number of benzene rings is 1. The highest BCUT2D eigenvalue weighted by molar-refractivity contribution is 14.0. The van der Waals surface area contributed by atoms with Crippen molar-refractivity contribution in [1.29, 1.82) is 0 Å². The number of hydrogen-bond acceptors (Lipinski definition) is 4. The van der Waals surface area contributed by atoms with E-state index >= 15 is 0 Å². The molecule has 1 aliphatic carbocycles. The van der Waals surface area contributed by atoms with Crippen molar-refractivity contribution in [1.82, 2.24) is 20.3 Å². The Labute approximate surface area is 178 Å². The van der Waals surface area contributed by atoms with Gasteiger partial charge in [0.05, 0.1) is 5.69 Å². The topological polar surface area (TPSA) is 56.9 Å². The number of hydrogen-bond donors (Lipinski definition) is 1. The molecular weight excluding hydrogens is 453 g/mol. The number of halogens is 1. The van der Waals surface area contributed by atoms with Crippen LogP contribution in [0.5, 0.6) is 0 Å². The SMILES string of the molecule is CN=C(NC1CC1c1ccccc1)N1CCN(Cc2cc(C)on2)CC1.I. The molecule has 2 fully saturated rings. The zero-order valence-electron chi connectivity index (χ0n) is 16.0. The van der Waals surface area contributed by atoms with Crippen LogP contribution in [-0.4, -0.2) is 60.2 Å². The first-order valence-electron chi connectivity index (χ1n) is 9.40. The second kappa shape index (κ2) is 9.05. The Morgan fingerprint density at radius 1 is 1.22 bits per heavy atom. The number of nitrogens with one attached hydrogen (secondary N) is 1. The van der Waals surface area contributed by atoms with E-state index in [0.717, 1.165) is 50.1 Å². The quantitative estimate of drug-likeness (QED) is 0.414. The molecule has 1 aliphatic heterocycles. The van der Waals surface area contributed by atoms with E-state index < -0.39 is 0 Å². The first-order valence-corrected chi connectivity index (χ1v) is 9.40. The summed E-state index contributed by atoms with van der Waals surface area (Å²) in [5.41, 5.74) is 2.44. The van der Waals surface area contributed by atoms with Crippen molar-refractivity contribution in [3.05, 3.63) is 53.4 Å². The highest BCUT2D eigenvalue weighted by Gasteiger charge is 2.39. The summed E-state index contributed by atoms with van der Waals surface area (Å²) in [6.07, 6.45) is 1.19. The van der Waals surface area contributed by atoms with Crippen LogP contribution in [0.4, 0.5) is 0 Å². The normalized spacial score (nSPS) is 23.0. The van der Waals surface area contributed by atoms with Crippen LogP contribution < -0.4 is 5.32 Å². The molecule has 2 unspecified atom stereocenters. The number of aliphatic imine (C=N–C) groups is 1. The summed E-state index contributed by atoms with van der Waals surface area (Å²) in [7, 11) is 1.88. The maximum absolute atomic E-state index is 5.16. The standard InChI is InChI=1S/C20H27N5O.HI/c1-15-12-17(23-26-15)14-24-8-10-25(11-9-24)20(21-2)22-19-13-18(19)16-6-4-3-5-7-16;/h3-7,12,18-19H,8-11,13-14H2,1-2H3,(H,21,22);1H. The fraction of sp³-hybridized carbons (Fsp3) is 0.500. The van der Waals surface area contributed by atoms with Gasteiger partial charge >= 0.3 is 0 Å².